The van der Waals surface area contributed by atoms with Crippen LogP contribution in [0.1, 0.15) is 39.8 Å². The van der Waals surface area contributed by atoms with Crippen LogP contribution in [-0.2, 0) is 15.7 Å². The van der Waals surface area contributed by atoms with Crippen LogP contribution in [0, 0.1) is 5.92 Å². The van der Waals surface area contributed by atoms with Gasteiger partial charge in [-0.05, 0) is 57.4 Å². The Morgan fingerprint density at radius 3 is 2.64 bits per heavy atom. The number of fused-ring (bicyclic) bond motifs is 1. The number of alkyl halides is 3. The fourth-order valence-electron chi connectivity index (χ4n) is 4.56. The molecule has 0 spiro atoms. The number of aromatic nitrogens is 4. The maximum absolute atomic E-state index is 13.6. The summed E-state index contributed by atoms with van der Waals surface area (Å²) in [6, 6.07) is 8.98. The summed E-state index contributed by atoms with van der Waals surface area (Å²) in [5.74, 6) is 0.208. The van der Waals surface area contributed by atoms with Gasteiger partial charge in [0.2, 0.25) is 11.8 Å². The highest BCUT2D eigenvalue weighted by molar-refractivity contribution is 7.22. The Kier molecular flexibility index (Phi) is 8.59. The molecule has 1 saturated heterocycles. The Labute approximate surface area is 254 Å². The van der Waals surface area contributed by atoms with Crippen molar-refractivity contribution in [2.45, 2.75) is 45.9 Å². The highest BCUT2D eigenvalue weighted by atomic mass is 32.1. The van der Waals surface area contributed by atoms with Crippen molar-refractivity contribution in [3.8, 4) is 22.9 Å². The molecule has 4 aromatic rings. The third kappa shape index (κ3) is 7.51. The predicted octanol–water partition coefficient (Wildman–Crippen LogP) is 6.59. The van der Waals surface area contributed by atoms with Crippen LogP contribution in [0.15, 0.2) is 42.7 Å². The lowest BCUT2D eigenvalue weighted by atomic mass is 10.1. The molecule has 1 aliphatic heterocycles. The molecule has 232 valence electrons. The van der Waals surface area contributed by atoms with E-state index >= 15 is 0 Å². The fraction of sp³-hybridized carbons (Fsp3) is 0.379. The quantitative estimate of drug-likeness (QED) is 0.233. The molecular weight excluding hydrogens is 599 g/mol. The number of anilines is 2. The second-order valence-electron chi connectivity index (χ2n) is 11.2. The number of para-hydroxylation sites is 1. The summed E-state index contributed by atoms with van der Waals surface area (Å²) in [4.78, 5) is 42.3. The predicted molar refractivity (Wildman–Crippen MR) is 159 cm³/mol. The van der Waals surface area contributed by atoms with E-state index in [0.717, 1.165) is 10.8 Å². The number of benzene rings is 1. The van der Waals surface area contributed by atoms with Gasteiger partial charge in [-0.25, -0.2) is 24.7 Å². The molecule has 0 bridgehead atoms. The minimum absolute atomic E-state index is 0.0123. The first kappa shape index (κ1) is 30.9. The summed E-state index contributed by atoms with van der Waals surface area (Å²) >= 11 is 1.28. The molecule has 15 heteroatoms. The van der Waals surface area contributed by atoms with Gasteiger partial charge in [-0.1, -0.05) is 17.4 Å². The van der Waals surface area contributed by atoms with Gasteiger partial charge in [0.05, 0.1) is 10.4 Å². The highest BCUT2D eigenvalue weighted by Crippen LogP contribution is 2.36. The van der Waals surface area contributed by atoms with E-state index in [0.29, 0.717) is 41.5 Å². The maximum Gasteiger partial charge on any atom is 0.433 e. The zero-order chi connectivity index (χ0) is 31.6. The molecule has 1 aromatic carbocycles. The first-order valence-electron chi connectivity index (χ1n) is 13.7. The Balaban J connectivity index is 1.37. The van der Waals surface area contributed by atoms with Crippen LogP contribution in [0.2, 0.25) is 0 Å². The summed E-state index contributed by atoms with van der Waals surface area (Å²) in [7, 11) is 0. The van der Waals surface area contributed by atoms with Gasteiger partial charge in [0.15, 0.2) is 10.9 Å². The Morgan fingerprint density at radius 1 is 1.11 bits per heavy atom. The molecule has 4 heterocycles. The lowest BCUT2D eigenvalue weighted by Gasteiger charge is -2.24. The number of hydrogen-bond donors (Lipinski definition) is 2. The second-order valence-corrected chi connectivity index (χ2v) is 12.2. The first-order valence-corrected chi connectivity index (χ1v) is 14.5. The summed E-state index contributed by atoms with van der Waals surface area (Å²) in [6.07, 6.45) is -3.19. The van der Waals surface area contributed by atoms with E-state index in [4.69, 9.17) is 9.47 Å². The first-order chi connectivity index (χ1) is 20.7. The number of amides is 2. The largest absolute Gasteiger partial charge is 0.444 e. The number of thiazole rings is 1. The molecule has 5 rings (SSSR count). The summed E-state index contributed by atoms with van der Waals surface area (Å²) in [5, 5.41) is 6.12. The van der Waals surface area contributed by atoms with E-state index in [1.165, 1.54) is 36.7 Å². The Morgan fingerprint density at radius 2 is 1.91 bits per heavy atom. The summed E-state index contributed by atoms with van der Waals surface area (Å²) in [6.45, 7) is 7.90. The SMILES string of the molecule is CC(=O)Nc1nc2c(Oc3cc(-c4ccc(C(F)(F)F)nc4NCC4CCN(C(=O)OC(C)(C)C)C4)ncn3)cccc2s1. The van der Waals surface area contributed by atoms with E-state index in [-0.39, 0.29) is 35.8 Å². The van der Waals surface area contributed by atoms with E-state index < -0.39 is 23.6 Å². The molecule has 2 amide bonds. The van der Waals surface area contributed by atoms with Gasteiger partial charge in [0.1, 0.15) is 29.0 Å². The second kappa shape index (κ2) is 12.2. The molecule has 1 unspecified atom stereocenters. The highest BCUT2D eigenvalue weighted by Gasteiger charge is 2.34. The van der Waals surface area contributed by atoms with E-state index in [1.807, 2.05) is 6.07 Å². The van der Waals surface area contributed by atoms with E-state index in [2.05, 4.69) is 30.6 Å². The maximum atomic E-state index is 13.6. The number of carbonyl (C=O) groups excluding carboxylic acids is 2. The molecule has 2 N–H and O–H groups in total. The van der Waals surface area contributed by atoms with Crippen LogP contribution in [0.25, 0.3) is 21.5 Å². The lowest BCUT2D eigenvalue weighted by molar-refractivity contribution is -0.141. The number of likely N-dealkylation sites (tertiary alicyclic amines) is 1. The summed E-state index contributed by atoms with van der Waals surface area (Å²) < 4.78 is 53.0. The fourth-order valence-corrected chi connectivity index (χ4v) is 5.49. The molecule has 3 aromatic heterocycles. The van der Waals surface area contributed by atoms with Crippen LogP contribution in [0.5, 0.6) is 11.6 Å². The van der Waals surface area contributed by atoms with Crippen LogP contribution >= 0.6 is 11.3 Å². The number of hydrogen-bond acceptors (Lipinski definition) is 10. The van der Waals surface area contributed by atoms with Gasteiger partial charge in [-0.3, -0.25) is 4.79 Å². The van der Waals surface area contributed by atoms with Crippen LogP contribution < -0.4 is 15.4 Å². The van der Waals surface area contributed by atoms with Gasteiger partial charge >= 0.3 is 12.3 Å². The number of carbonyl (C=O) groups is 2. The average molecular weight is 630 g/mol. The topological polar surface area (TPSA) is 131 Å². The molecule has 0 radical (unpaired) electrons. The number of ether oxygens (including phenoxy) is 2. The monoisotopic (exact) mass is 629 g/mol. The Bertz CT molecular complexity index is 1690. The molecule has 1 fully saturated rings. The van der Waals surface area contributed by atoms with Crippen molar-refractivity contribution in [3.63, 3.8) is 0 Å². The molecule has 44 heavy (non-hydrogen) atoms. The average Bonchev–Trinajstić information content (AvgIpc) is 3.58. The summed E-state index contributed by atoms with van der Waals surface area (Å²) in [5.41, 5.74) is -0.581. The molecule has 11 nitrogen and oxygen atoms in total. The van der Waals surface area contributed by atoms with Crippen molar-refractivity contribution in [2.75, 3.05) is 30.3 Å². The van der Waals surface area contributed by atoms with Gasteiger partial charge in [0.25, 0.3) is 0 Å². The number of halogens is 3. The Hall–Kier alpha value is -4.53. The van der Waals surface area contributed by atoms with Crippen molar-refractivity contribution in [1.82, 2.24) is 24.8 Å². The third-order valence-corrected chi connectivity index (χ3v) is 7.41. The van der Waals surface area contributed by atoms with Crippen LogP contribution in [0.3, 0.4) is 0 Å². The zero-order valence-electron chi connectivity index (χ0n) is 24.4. The molecule has 0 aliphatic carbocycles. The number of rotatable bonds is 7. The lowest BCUT2D eigenvalue weighted by Crippen LogP contribution is -2.35. The minimum Gasteiger partial charge on any atom is -0.444 e. The number of nitrogens with one attached hydrogen (secondary N) is 2. The smallest absolute Gasteiger partial charge is 0.433 e. The zero-order valence-corrected chi connectivity index (χ0v) is 25.2. The van der Waals surface area contributed by atoms with Crippen molar-refractivity contribution in [2.24, 2.45) is 5.92 Å². The minimum atomic E-state index is -4.65. The molecule has 1 aliphatic rings. The van der Waals surface area contributed by atoms with E-state index in [9.17, 15) is 22.8 Å². The van der Waals surface area contributed by atoms with Gasteiger partial charge in [-0.2, -0.15) is 13.2 Å². The number of nitrogens with zero attached hydrogens (tertiary/aromatic N) is 5. The standard InChI is InChI=1S/C29H30F3N7O4S/c1-16(40)36-26-38-24-20(6-5-7-21(24)44-26)42-23-12-19(34-15-35-23)18-8-9-22(29(30,31)32)37-25(18)33-13-17-10-11-39(14-17)27(41)43-28(2,3)4/h5-9,12,15,17H,10-11,13-14H2,1-4H3,(H,33,37)(H,36,38,40). The van der Waals surface area contributed by atoms with Crippen molar-refractivity contribution in [3.05, 3.63) is 48.4 Å². The third-order valence-electron chi connectivity index (χ3n) is 6.48. The molecule has 1 atom stereocenters. The van der Waals surface area contributed by atoms with Crippen LogP contribution in [0.4, 0.5) is 28.9 Å². The van der Waals surface area contributed by atoms with Gasteiger partial charge < -0.3 is 25.0 Å². The van der Waals surface area contributed by atoms with Crippen LogP contribution in [-0.4, -0.2) is 62.1 Å². The number of pyridine rings is 1. The van der Waals surface area contributed by atoms with E-state index in [1.54, 1.807) is 37.8 Å². The van der Waals surface area contributed by atoms with Crippen molar-refractivity contribution >= 4 is 44.5 Å². The molecule has 0 saturated carbocycles. The normalized spacial score (nSPS) is 15.3. The van der Waals surface area contributed by atoms with Gasteiger partial charge in [0, 0.05) is 38.2 Å². The van der Waals surface area contributed by atoms with Crippen molar-refractivity contribution in [1.29, 1.82) is 0 Å². The van der Waals surface area contributed by atoms with Crippen molar-refractivity contribution < 1.29 is 32.2 Å². The van der Waals surface area contributed by atoms with Gasteiger partial charge in [-0.15, -0.1) is 0 Å². The molecular formula is C29H30F3N7O4S.